The molecule has 0 amide bonds. The SMILES string of the molecule is COc1ccc(COc2cnc(C(C)C)nc2CO)cc1. The normalized spacial score (nSPS) is 10.7. The molecule has 0 saturated heterocycles. The lowest BCUT2D eigenvalue weighted by Crippen LogP contribution is -2.06. The maximum Gasteiger partial charge on any atom is 0.162 e. The molecule has 0 radical (unpaired) electrons. The monoisotopic (exact) mass is 288 g/mol. The largest absolute Gasteiger partial charge is 0.497 e. The summed E-state index contributed by atoms with van der Waals surface area (Å²) in [5.41, 5.74) is 1.52. The molecule has 1 aromatic carbocycles. The number of benzene rings is 1. The van der Waals surface area contributed by atoms with Crippen LogP contribution in [0, 0.1) is 0 Å². The van der Waals surface area contributed by atoms with Gasteiger partial charge in [-0.05, 0) is 17.7 Å². The Balaban J connectivity index is 2.08. The first kappa shape index (κ1) is 15.3. The highest BCUT2D eigenvalue weighted by atomic mass is 16.5. The summed E-state index contributed by atoms with van der Waals surface area (Å²) in [5.74, 6) is 2.24. The van der Waals surface area contributed by atoms with E-state index in [1.54, 1.807) is 13.3 Å². The number of hydrogen-bond acceptors (Lipinski definition) is 5. The summed E-state index contributed by atoms with van der Waals surface area (Å²) in [6.45, 7) is 4.24. The molecule has 1 N–H and O–H groups in total. The first-order valence-corrected chi connectivity index (χ1v) is 6.86. The predicted molar refractivity (Wildman–Crippen MR) is 79.4 cm³/mol. The van der Waals surface area contributed by atoms with Gasteiger partial charge < -0.3 is 14.6 Å². The van der Waals surface area contributed by atoms with E-state index in [4.69, 9.17) is 9.47 Å². The second-order valence-corrected chi connectivity index (χ2v) is 4.99. The lowest BCUT2D eigenvalue weighted by Gasteiger charge is -2.12. The molecule has 0 bridgehead atoms. The summed E-state index contributed by atoms with van der Waals surface area (Å²) in [5, 5.41) is 9.40. The van der Waals surface area contributed by atoms with Crippen molar-refractivity contribution in [2.75, 3.05) is 7.11 Å². The highest BCUT2D eigenvalue weighted by Gasteiger charge is 2.10. The van der Waals surface area contributed by atoms with Gasteiger partial charge in [0.1, 0.15) is 23.9 Å². The van der Waals surface area contributed by atoms with Crippen molar-refractivity contribution in [3.05, 3.63) is 47.5 Å². The Bertz CT molecular complexity index is 583. The Morgan fingerprint density at radius 3 is 2.48 bits per heavy atom. The Morgan fingerprint density at radius 2 is 1.90 bits per heavy atom. The summed E-state index contributed by atoms with van der Waals surface area (Å²) in [4.78, 5) is 8.58. The van der Waals surface area contributed by atoms with Crippen LogP contribution in [0.2, 0.25) is 0 Å². The van der Waals surface area contributed by atoms with Crippen LogP contribution in [0.25, 0.3) is 0 Å². The molecule has 112 valence electrons. The number of ether oxygens (including phenoxy) is 2. The number of nitrogens with zero attached hydrogens (tertiary/aromatic N) is 2. The first-order chi connectivity index (χ1) is 10.1. The fraction of sp³-hybridized carbons (Fsp3) is 0.375. The molecule has 5 heteroatoms. The van der Waals surface area contributed by atoms with Crippen LogP contribution in [0.15, 0.2) is 30.5 Å². The van der Waals surface area contributed by atoms with Crippen molar-refractivity contribution in [3.63, 3.8) is 0 Å². The Labute approximate surface area is 124 Å². The van der Waals surface area contributed by atoms with Crippen molar-refractivity contribution in [3.8, 4) is 11.5 Å². The highest BCUT2D eigenvalue weighted by molar-refractivity contribution is 5.28. The lowest BCUT2D eigenvalue weighted by molar-refractivity contribution is 0.251. The molecule has 2 rings (SSSR count). The predicted octanol–water partition coefficient (Wildman–Crippen LogP) is 2.68. The van der Waals surface area contributed by atoms with Gasteiger partial charge in [-0.15, -0.1) is 0 Å². The van der Waals surface area contributed by atoms with Crippen LogP contribution in [0.1, 0.15) is 36.8 Å². The minimum atomic E-state index is -0.166. The molecule has 5 nitrogen and oxygen atoms in total. The third-order valence-electron chi connectivity index (χ3n) is 3.07. The fourth-order valence-corrected chi connectivity index (χ4v) is 1.82. The number of aliphatic hydroxyl groups is 1. The van der Waals surface area contributed by atoms with E-state index in [9.17, 15) is 5.11 Å². The van der Waals surface area contributed by atoms with Gasteiger partial charge in [0.25, 0.3) is 0 Å². The maximum absolute atomic E-state index is 9.40. The summed E-state index contributed by atoms with van der Waals surface area (Å²) < 4.78 is 10.8. The molecule has 0 aliphatic heterocycles. The number of hydrogen-bond donors (Lipinski definition) is 1. The van der Waals surface area contributed by atoms with Crippen molar-refractivity contribution in [1.82, 2.24) is 9.97 Å². The summed E-state index contributed by atoms with van der Waals surface area (Å²) >= 11 is 0. The van der Waals surface area contributed by atoms with E-state index in [-0.39, 0.29) is 12.5 Å². The zero-order valence-electron chi connectivity index (χ0n) is 12.5. The molecule has 0 fully saturated rings. The van der Waals surface area contributed by atoms with Gasteiger partial charge in [-0.1, -0.05) is 26.0 Å². The molecule has 0 aliphatic rings. The van der Waals surface area contributed by atoms with Gasteiger partial charge in [0.05, 0.1) is 19.9 Å². The molecule has 2 aromatic rings. The minimum absolute atomic E-state index is 0.166. The zero-order valence-corrected chi connectivity index (χ0v) is 12.5. The van der Waals surface area contributed by atoms with Crippen molar-refractivity contribution in [2.45, 2.75) is 33.0 Å². The summed E-state index contributed by atoms with van der Waals surface area (Å²) in [7, 11) is 1.63. The molecule has 0 unspecified atom stereocenters. The van der Waals surface area contributed by atoms with Crippen LogP contribution in [0.4, 0.5) is 0 Å². The molecule has 0 spiro atoms. The van der Waals surface area contributed by atoms with Crippen molar-refractivity contribution in [1.29, 1.82) is 0 Å². The maximum atomic E-state index is 9.40. The topological polar surface area (TPSA) is 64.5 Å². The van der Waals surface area contributed by atoms with E-state index in [2.05, 4.69) is 9.97 Å². The van der Waals surface area contributed by atoms with E-state index >= 15 is 0 Å². The Morgan fingerprint density at radius 1 is 1.19 bits per heavy atom. The molecule has 21 heavy (non-hydrogen) atoms. The van der Waals surface area contributed by atoms with E-state index < -0.39 is 0 Å². The van der Waals surface area contributed by atoms with Crippen LogP contribution in [-0.2, 0) is 13.2 Å². The standard InChI is InChI=1S/C16H20N2O3/c1-11(2)16-17-8-15(14(9-19)18-16)21-10-12-4-6-13(20-3)7-5-12/h4-8,11,19H,9-10H2,1-3H3. The quantitative estimate of drug-likeness (QED) is 0.885. The third-order valence-corrected chi connectivity index (χ3v) is 3.07. The third kappa shape index (κ3) is 3.92. The molecular weight excluding hydrogens is 268 g/mol. The van der Waals surface area contributed by atoms with Crippen molar-refractivity contribution >= 4 is 0 Å². The first-order valence-electron chi connectivity index (χ1n) is 6.86. The molecular formula is C16H20N2O3. The van der Waals surface area contributed by atoms with Gasteiger partial charge >= 0.3 is 0 Å². The van der Waals surface area contributed by atoms with Crippen LogP contribution < -0.4 is 9.47 Å². The van der Waals surface area contributed by atoms with Crippen LogP contribution >= 0.6 is 0 Å². The van der Waals surface area contributed by atoms with Crippen LogP contribution in [0.5, 0.6) is 11.5 Å². The van der Waals surface area contributed by atoms with Gasteiger partial charge in [-0.3, -0.25) is 0 Å². The summed E-state index contributed by atoms with van der Waals surface area (Å²) in [6.07, 6.45) is 1.62. The molecule has 0 atom stereocenters. The van der Waals surface area contributed by atoms with E-state index in [0.29, 0.717) is 23.9 Å². The van der Waals surface area contributed by atoms with Gasteiger partial charge in [-0.2, -0.15) is 0 Å². The molecule has 1 aromatic heterocycles. The van der Waals surface area contributed by atoms with Crippen molar-refractivity contribution in [2.24, 2.45) is 0 Å². The van der Waals surface area contributed by atoms with E-state index in [0.717, 1.165) is 11.3 Å². The number of rotatable bonds is 6. The number of aromatic nitrogens is 2. The van der Waals surface area contributed by atoms with Crippen LogP contribution in [-0.4, -0.2) is 22.2 Å². The zero-order chi connectivity index (χ0) is 15.2. The second kappa shape index (κ2) is 7.04. The minimum Gasteiger partial charge on any atom is -0.497 e. The second-order valence-electron chi connectivity index (χ2n) is 4.99. The number of methoxy groups -OCH3 is 1. The average Bonchev–Trinajstić information content (AvgIpc) is 2.53. The van der Waals surface area contributed by atoms with E-state index in [1.165, 1.54) is 0 Å². The lowest BCUT2D eigenvalue weighted by atomic mass is 10.2. The van der Waals surface area contributed by atoms with Gasteiger partial charge in [0.2, 0.25) is 0 Å². The molecule has 0 saturated carbocycles. The Kier molecular flexibility index (Phi) is 5.11. The van der Waals surface area contributed by atoms with Gasteiger partial charge in [0.15, 0.2) is 5.75 Å². The number of aliphatic hydroxyl groups excluding tert-OH is 1. The fourth-order valence-electron chi connectivity index (χ4n) is 1.82. The molecule has 0 aliphatic carbocycles. The van der Waals surface area contributed by atoms with E-state index in [1.807, 2.05) is 38.1 Å². The van der Waals surface area contributed by atoms with Crippen LogP contribution in [0.3, 0.4) is 0 Å². The summed E-state index contributed by atoms with van der Waals surface area (Å²) in [6, 6.07) is 7.62. The Hall–Kier alpha value is -2.14. The average molecular weight is 288 g/mol. The van der Waals surface area contributed by atoms with Crippen molar-refractivity contribution < 1.29 is 14.6 Å². The van der Waals surface area contributed by atoms with Gasteiger partial charge in [-0.25, -0.2) is 9.97 Å². The van der Waals surface area contributed by atoms with Gasteiger partial charge in [0, 0.05) is 5.92 Å². The smallest absolute Gasteiger partial charge is 0.162 e. The highest BCUT2D eigenvalue weighted by Crippen LogP contribution is 2.20. The molecule has 1 heterocycles.